The molecule has 0 saturated carbocycles. The first-order chi connectivity index (χ1) is 18.4. The third-order valence-corrected chi connectivity index (χ3v) is 7.31. The van der Waals surface area contributed by atoms with E-state index in [-0.39, 0.29) is 17.2 Å². The molecule has 0 aromatic heterocycles. The molecular formula is C34H36HfO3. The van der Waals surface area contributed by atoms with Gasteiger partial charge in [0.1, 0.15) is 0 Å². The molecule has 0 heterocycles. The third-order valence-electron chi connectivity index (χ3n) is 5.42. The van der Waals surface area contributed by atoms with Crippen molar-refractivity contribution in [1.82, 2.24) is 0 Å². The van der Waals surface area contributed by atoms with Crippen molar-refractivity contribution < 1.29 is 39.7 Å². The van der Waals surface area contributed by atoms with Crippen LogP contribution in [0.5, 0.6) is 17.2 Å². The zero-order chi connectivity index (χ0) is 28.2. The molecule has 1 aliphatic carbocycles. The number of rotatable bonds is 7. The van der Waals surface area contributed by atoms with E-state index in [4.69, 9.17) is 0 Å². The average molecular weight is 671 g/mol. The van der Waals surface area contributed by atoms with Gasteiger partial charge >= 0.3 is 65.2 Å². The zero-order valence-electron chi connectivity index (χ0n) is 22.2. The summed E-state index contributed by atoms with van der Waals surface area (Å²) in [5.41, 5.74) is 4.05. The van der Waals surface area contributed by atoms with Gasteiger partial charge < -0.3 is 15.3 Å². The summed E-state index contributed by atoms with van der Waals surface area (Å²) in [6, 6.07) is 21.0. The van der Waals surface area contributed by atoms with E-state index in [0.717, 1.165) is 16.7 Å². The molecule has 3 nitrogen and oxygen atoms in total. The first kappa shape index (κ1) is 32.7. The third kappa shape index (κ3) is 12.7. The van der Waals surface area contributed by atoms with Gasteiger partial charge in [0.05, 0.1) is 0 Å². The maximum atomic E-state index is 11.0. The summed E-state index contributed by atoms with van der Waals surface area (Å²) in [7, 11) is 0. The van der Waals surface area contributed by atoms with Crippen molar-refractivity contribution in [2.45, 2.75) is 39.0 Å². The summed E-state index contributed by atoms with van der Waals surface area (Å²) in [6.07, 6.45) is 14.2. The fourth-order valence-electron chi connectivity index (χ4n) is 3.37. The van der Waals surface area contributed by atoms with Crippen LogP contribution < -0.4 is 15.3 Å². The van der Waals surface area contributed by atoms with E-state index in [1.807, 2.05) is 36.4 Å². The van der Waals surface area contributed by atoms with Crippen LogP contribution in [-0.2, 0) is 43.6 Å². The van der Waals surface area contributed by atoms with E-state index in [2.05, 4.69) is 38.8 Å². The molecule has 4 rings (SSSR count). The second kappa shape index (κ2) is 19.7. The number of allylic oxidation sites excluding steroid dienone is 7. The Labute approximate surface area is 243 Å². The van der Waals surface area contributed by atoms with Crippen molar-refractivity contribution in [2.75, 3.05) is 0 Å². The minimum atomic E-state index is 0.0994. The van der Waals surface area contributed by atoms with E-state index in [0.29, 0.717) is 19.3 Å². The summed E-state index contributed by atoms with van der Waals surface area (Å²) in [4.78, 5) is 0. The van der Waals surface area contributed by atoms with E-state index in [1.165, 1.54) is 37.2 Å². The Morgan fingerprint density at radius 1 is 0.658 bits per heavy atom. The molecule has 4 heteroatoms. The van der Waals surface area contributed by atoms with Gasteiger partial charge in [0.2, 0.25) is 0 Å². The summed E-state index contributed by atoms with van der Waals surface area (Å²) in [5.74, 6) is 0.298. The second-order valence-electron chi connectivity index (χ2n) is 8.27. The van der Waals surface area contributed by atoms with Gasteiger partial charge in [-0.05, 0) is 19.3 Å². The molecule has 1 aliphatic rings. The molecule has 0 saturated heterocycles. The quantitative estimate of drug-likeness (QED) is 0.210. The topological polar surface area (TPSA) is 69.2 Å². The van der Waals surface area contributed by atoms with Gasteiger partial charge in [-0.25, -0.2) is 0 Å². The Morgan fingerprint density at radius 3 is 1.21 bits per heavy atom. The molecule has 0 spiro atoms. The van der Waals surface area contributed by atoms with Crippen LogP contribution in [0.25, 0.3) is 0 Å². The van der Waals surface area contributed by atoms with Gasteiger partial charge in [0, 0.05) is 0 Å². The van der Waals surface area contributed by atoms with Crippen molar-refractivity contribution in [3.8, 4) is 17.2 Å². The molecule has 0 amide bonds. The van der Waals surface area contributed by atoms with E-state index < -0.39 is 0 Å². The van der Waals surface area contributed by atoms with Crippen LogP contribution in [0.1, 0.15) is 36.5 Å². The van der Waals surface area contributed by atoms with Crippen molar-refractivity contribution in [3.05, 3.63) is 149 Å². The van der Waals surface area contributed by atoms with Crippen LogP contribution in [0.2, 0.25) is 0 Å². The molecule has 0 N–H and O–H groups in total. The molecule has 0 fully saturated rings. The first-order valence-electron chi connectivity index (χ1n) is 12.5. The predicted octanol–water partition coefficient (Wildman–Crippen LogP) is 6.62. The Kier molecular flexibility index (Phi) is 16.9. The number of para-hydroxylation sites is 3. The number of benzene rings is 3. The predicted molar refractivity (Wildman–Crippen MR) is 150 cm³/mol. The van der Waals surface area contributed by atoms with Gasteiger partial charge in [-0.2, -0.15) is 0 Å². The van der Waals surface area contributed by atoms with Crippen molar-refractivity contribution in [2.24, 2.45) is 0 Å². The van der Waals surface area contributed by atoms with Crippen molar-refractivity contribution >= 4 is 0 Å². The van der Waals surface area contributed by atoms with Gasteiger partial charge in [-0.3, -0.25) is 0 Å². The SMILES string of the molecule is C=CCc1ccccc1[O-].C=CCc1ccccc1[O-].C=CCc1ccccc1[O-].CCC1=[C]([Hf+3])CC=C1. The normalized spacial score (nSPS) is 11.1. The summed E-state index contributed by atoms with van der Waals surface area (Å²) >= 11 is 1.26. The monoisotopic (exact) mass is 672 g/mol. The maximum absolute atomic E-state index is 11.0. The molecule has 0 bridgehead atoms. The Bertz CT molecular complexity index is 1090. The van der Waals surface area contributed by atoms with E-state index in [9.17, 15) is 15.3 Å². The molecule has 0 radical (unpaired) electrons. The summed E-state index contributed by atoms with van der Waals surface area (Å²) in [5, 5.41) is 32.9. The molecule has 0 atom stereocenters. The molecule has 3 aromatic rings. The van der Waals surface area contributed by atoms with Gasteiger partial charge in [0.15, 0.2) is 0 Å². The second-order valence-corrected chi connectivity index (χ2v) is 10.4. The van der Waals surface area contributed by atoms with E-state index >= 15 is 0 Å². The van der Waals surface area contributed by atoms with Crippen molar-refractivity contribution in [3.63, 3.8) is 0 Å². The van der Waals surface area contributed by atoms with Crippen LogP contribution in [0.3, 0.4) is 0 Å². The molecule has 0 unspecified atom stereocenters. The summed E-state index contributed by atoms with van der Waals surface area (Å²) in [6.45, 7) is 12.9. The zero-order valence-corrected chi connectivity index (χ0v) is 25.8. The number of hydrogen-bond donors (Lipinski definition) is 0. The van der Waals surface area contributed by atoms with Crippen LogP contribution in [-0.4, -0.2) is 0 Å². The standard InChI is InChI=1S/3C9H10O.C7H9.Hf/c3*1-2-5-8-6-3-4-7-9(8)10;1-2-7-5-3-4-6-7;/h3*2-4,6-7,10H,1,5H2;3,5H,2,4H2,1H3;/q;;;;+3/p-3. The Hall–Kier alpha value is -3.37. The van der Waals surface area contributed by atoms with Crippen LogP contribution in [0.15, 0.2) is 132 Å². The Balaban J connectivity index is 0.000000254. The molecule has 0 aliphatic heterocycles. The fourth-order valence-corrected chi connectivity index (χ4v) is 4.72. The molecule has 3 aromatic carbocycles. The van der Waals surface area contributed by atoms with Crippen LogP contribution in [0, 0.1) is 0 Å². The van der Waals surface area contributed by atoms with Gasteiger partial charge in [-0.15, -0.1) is 37.0 Å². The van der Waals surface area contributed by atoms with E-state index in [1.54, 1.807) is 63.5 Å². The Morgan fingerprint density at radius 2 is 1.00 bits per heavy atom. The summed E-state index contributed by atoms with van der Waals surface area (Å²) < 4.78 is 1.69. The fraction of sp³-hybridized carbons (Fsp3) is 0.176. The number of hydrogen-bond acceptors (Lipinski definition) is 3. The van der Waals surface area contributed by atoms with Gasteiger partial charge in [-0.1, -0.05) is 108 Å². The minimum absolute atomic E-state index is 0.0994. The van der Waals surface area contributed by atoms with Crippen LogP contribution in [0.4, 0.5) is 0 Å². The van der Waals surface area contributed by atoms with Gasteiger partial charge in [0.25, 0.3) is 0 Å². The van der Waals surface area contributed by atoms with Crippen molar-refractivity contribution in [1.29, 1.82) is 0 Å². The molecule has 194 valence electrons. The van der Waals surface area contributed by atoms with Crippen LogP contribution >= 0.6 is 0 Å². The molecular weight excluding hydrogens is 635 g/mol. The molecule has 38 heavy (non-hydrogen) atoms. The average Bonchev–Trinajstić information content (AvgIpc) is 3.35. The first-order valence-corrected chi connectivity index (χ1v) is 14.3.